The number of aromatic nitrogens is 1. The maximum atomic E-state index is 5.75. The Labute approximate surface area is 108 Å². The summed E-state index contributed by atoms with van der Waals surface area (Å²) >= 11 is 0. The molecule has 0 amide bonds. The molecule has 100 valence electrons. The number of methoxy groups -OCH3 is 1. The fourth-order valence-corrected chi connectivity index (χ4v) is 1.73. The van der Waals surface area contributed by atoms with Gasteiger partial charge in [0.05, 0.1) is 19.3 Å². The largest absolute Gasteiger partial charge is 0.496 e. The number of hydrogen-bond donors (Lipinski definition) is 2. The van der Waals surface area contributed by atoms with E-state index in [9.17, 15) is 0 Å². The summed E-state index contributed by atoms with van der Waals surface area (Å²) in [6.45, 7) is 8.44. The second-order valence-corrected chi connectivity index (χ2v) is 4.55. The molecule has 0 aliphatic rings. The second kappa shape index (κ2) is 6.23. The minimum atomic E-state index is 0.273. The average molecular weight is 250 g/mol. The molecule has 5 heteroatoms. The van der Waals surface area contributed by atoms with Crippen LogP contribution in [-0.2, 0) is 6.54 Å². The van der Waals surface area contributed by atoms with Crippen LogP contribution in [0.5, 0.6) is 5.75 Å². The third-order valence-electron chi connectivity index (χ3n) is 2.59. The van der Waals surface area contributed by atoms with Gasteiger partial charge in [-0.25, -0.2) is 4.99 Å². The van der Waals surface area contributed by atoms with Gasteiger partial charge in [0.1, 0.15) is 5.75 Å². The first kappa shape index (κ1) is 14.3. The van der Waals surface area contributed by atoms with Gasteiger partial charge in [-0.15, -0.1) is 0 Å². The van der Waals surface area contributed by atoms with Crippen molar-refractivity contribution in [2.45, 2.75) is 40.3 Å². The number of hydrogen-bond acceptors (Lipinski definition) is 3. The number of aryl methyl sites for hydroxylation is 1. The topological polar surface area (TPSA) is 72.5 Å². The first-order valence-electron chi connectivity index (χ1n) is 6.01. The molecular formula is C13H22N4O. The van der Waals surface area contributed by atoms with Crippen LogP contribution in [0.2, 0.25) is 0 Å². The summed E-state index contributed by atoms with van der Waals surface area (Å²) in [7, 11) is 1.66. The predicted octanol–water partition coefficient (Wildman–Crippen LogP) is 1.52. The molecule has 0 radical (unpaired) electrons. The number of nitrogens with zero attached hydrogens (tertiary/aromatic N) is 2. The van der Waals surface area contributed by atoms with E-state index in [4.69, 9.17) is 10.5 Å². The average Bonchev–Trinajstić information content (AvgIpc) is 2.27. The first-order valence-corrected chi connectivity index (χ1v) is 6.01. The summed E-state index contributed by atoms with van der Waals surface area (Å²) in [5.74, 6) is 1.30. The highest BCUT2D eigenvalue weighted by molar-refractivity contribution is 5.78. The Bertz CT molecular complexity index is 441. The molecular weight excluding hydrogens is 228 g/mol. The fourth-order valence-electron chi connectivity index (χ4n) is 1.73. The lowest BCUT2D eigenvalue weighted by atomic mass is 10.1. The zero-order valence-corrected chi connectivity index (χ0v) is 11.7. The van der Waals surface area contributed by atoms with Crippen LogP contribution >= 0.6 is 0 Å². The van der Waals surface area contributed by atoms with Gasteiger partial charge in [-0.1, -0.05) is 0 Å². The summed E-state index contributed by atoms with van der Waals surface area (Å²) in [6, 6.07) is 0.273. The van der Waals surface area contributed by atoms with Crippen LogP contribution in [0.3, 0.4) is 0 Å². The molecule has 0 bridgehead atoms. The van der Waals surface area contributed by atoms with Gasteiger partial charge in [0.2, 0.25) is 0 Å². The van der Waals surface area contributed by atoms with Crippen molar-refractivity contribution >= 4 is 5.96 Å². The van der Waals surface area contributed by atoms with E-state index in [1.54, 1.807) is 13.3 Å². The van der Waals surface area contributed by atoms with E-state index < -0.39 is 0 Å². The van der Waals surface area contributed by atoms with Crippen molar-refractivity contribution in [2.24, 2.45) is 10.7 Å². The molecule has 1 aromatic heterocycles. The monoisotopic (exact) mass is 250 g/mol. The minimum absolute atomic E-state index is 0.273. The quantitative estimate of drug-likeness (QED) is 0.627. The summed E-state index contributed by atoms with van der Waals surface area (Å²) in [5, 5.41) is 3.04. The molecule has 5 nitrogen and oxygen atoms in total. The van der Waals surface area contributed by atoms with E-state index in [0.717, 1.165) is 22.6 Å². The molecule has 0 saturated heterocycles. The van der Waals surface area contributed by atoms with E-state index in [1.807, 2.05) is 27.7 Å². The summed E-state index contributed by atoms with van der Waals surface area (Å²) in [6.07, 6.45) is 1.79. The van der Waals surface area contributed by atoms with Gasteiger partial charge in [0.15, 0.2) is 5.96 Å². The lowest BCUT2D eigenvalue weighted by molar-refractivity contribution is 0.407. The SMILES string of the molecule is COc1c(C)cnc(CN=C(N)NC(C)C)c1C. The molecule has 1 rings (SSSR count). The zero-order chi connectivity index (χ0) is 13.7. The normalized spacial score (nSPS) is 11.8. The third-order valence-corrected chi connectivity index (χ3v) is 2.59. The summed E-state index contributed by atoms with van der Waals surface area (Å²) in [4.78, 5) is 8.63. The Morgan fingerprint density at radius 1 is 1.50 bits per heavy atom. The van der Waals surface area contributed by atoms with Crippen molar-refractivity contribution in [3.05, 3.63) is 23.0 Å². The number of ether oxygens (including phenoxy) is 1. The second-order valence-electron chi connectivity index (χ2n) is 4.55. The number of nitrogens with one attached hydrogen (secondary N) is 1. The van der Waals surface area contributed by atoms with E-state index in [2.05, 4.69) is 15.3 Å². The first-order chi connectivity index (χ1) is 8.45. The van der Waals surface area contributed by atoms with E-state index in [-0.39, 0.29) is 6.04 Å². The fraction of sp³-hybridized carbons (Fsp3) is 0.538. The summed E-state index contributed by atoms with van der Waals surface area (Å²) < 4.78 is 5.35. The van der Waals surface area contributed by atoms with Gasteiger partial charge >= 0.3 is 0 Å². The molecule has 1 heterocycles. The Kier molecular flexibility index (Phi) is 4.95. The van der Waals surface area contributed by atoms with Gasteiger partial charge < -0.3 is 15.8 Å². The van der Waals surface area contributed by atoms with E-state index in [0.29, 0.717) is 12.5 Å². The number of aliphatic imine (C=N–C) groups is 1. The van der Waals surface area contributed by atoms with Crippen LogP contribution < -0.4 is 15.8 Å². The Hall–Kier alpha value is -1.78. The molecule has 0 unspecified atom stereocenters. The number of guanidine groups is 1. The van der Waals surface area contributed by atoms with Crippen LogP contribution in [-0.4, -0.2) is 24.1 Å². The van der Waals surface area contributed by atoms with Gasteiger partial charge in [-0.05, 0) is 27.7 Å². The van der Waals surface area contributed by atoms with E-state index in [1.165, 1.54) is 0 Å². The van der Waals surface area contributed by atoms with Crippen molar-refractivity contribution in [3.63, 3.8) is 0 Å². The van der Waals surface area contributed by atoms with Gasteiger partial charge in [0.25, 0.3) is 0 Å². The standard InChI is InChI=1S/C13H22N4O/c1-8(2)17-13(14)16-7-11-10(4)12(18-5)9(3)6-15-11/h6,8H,7H2,1-5H3,(H3,14,16,17). The predicted molar refractivity (Wildman–Crippen MR) is 73.9 cm³/mol. The van der Waals surface area contributed by atoms with Crippen molar-refractivity contribution in [1.82, 2.24) is 10.3 Å². The lowest BCUT2D eigenvalue weighted by Crippen LogP contribution is -2.36. The molecule has 18 heavy (non-hydrogen) atoms. The third kappa shape index (κ3) is 3.61. The van der Waals surface area contributed by atoms with Crippen molar-refractivity contribution < 1.29 is 4.74 Å². The number of rotatable bonds is 4. The van der Waals surface area contributed by atoms with Crippen LogP contribution in [0.15, 0.2) is 11.2 Å². The molecule has 0 spiro atoms. The lowest BCUT2D eigenvalue weighted by Gasteiger charge is -2.12. The zero-order valence-electron chi connectivity index (χ0n) is 11.7. The van der Waals surface area contributed by atoms with Crippen LogP contribution in [0, 0.1) is 13.8 Å². The minimum Gasteiger partial charge on any atom is -0.496 e. The maximum absolute atomic E-state index is 5.75. The highest BCUT2D eigenvalue weighted by Gasteiger charge is 2.08. The molecule has 0 saturated carbocycles. The highest BCUT2D eigenvalue weighted by atomic mass is 16.5. The number of pyridine rings is 1. The molecule has 0 aliphatic heterocycles. The van der Waals surface area contributed by atoms with Gasteiger partial charge in [-0.2, -0.15) is 0 Å². The van der Waals surface area contributed by atoms with Crippen LogP contribution in [0.25, 0.3) is 0 Å². The van der Waals surface area contributed by atoms with Crippen molar-refractivity contribution in [1.29, 1.82) is 0 Å². The summed E-state index contributed by atoms with van der Waals surface area (Å²) in [5.41, 5.74) is 8.67. The Balaban J connectivity index is 2.86. The van der Waals surface area contributed by atoms with E-state index >= 15 is 0 Å². The molecule has 1 aromatic rings. The maximum Gasteiger partial charge on any atom is 0.189 e. The number of nitrogens with two attached hydrogens (primary N) is 1. The van der Waals surface area contributed by atoms with Crippen molar-refractivity contribution in [3.8, 4) is 5.75 Å². The molecule has 3 N–H and O–H groups in total. The van der Waals surface area contributed by atoms with Crippen LogP contribution in [0.4, 0.5) is 0 Å². The smallest absolute Gasteiger partial charge is 0.189 e. The molecule has 0 aromatic carbocycles. The molecule has 0 atom stereocenters. The van der Waals surface area contributed by atoms with Gasteiger partial charge in [-0.3, -0.25) is 4.98 Å². The van der Waals surface area contributed by atoms with Crippen molar-refractivity contribution in [2.75, 3.05) is 7.11 Å². The molecule has 0 fully saturated rings. The Morgan fingerprint density at radius 2 is 2.17 bits per heavy atom. The van der Waals surface area contributed by atoms with Gasteiger partial charge in [0, 0.05) is 23.4 Å². The Morgan fingerprint density at radius 3 is 2.72 bits per heavy atom. The molecule has 0 aliphatic carbocycles. The van der Waals surface area contributed by atoms with Crippen LogP contribution in [0.1, 0.15) is 30.7 Å². The highest BCUT2D eigenvalue weighted by Crippen LogP contribution is 2.24.